The van der Waals surface area contributed by atoms with E-state index in [-0.39, 0.29) is 35.0 Å². The Labute approximate surface area is 148 Å². The van der Waals surface area contributed by atoms with Crippen LogP contribution in [-0.4, -0.2) is 29.6 Å². The maximum absolute atomic E-state index is 2.28. The molecular formula is C18H30NaO. The minimum absolute atomic E-state index is 0. The monoisotopic (exact) mass is 285 g/mol. The van der Waals surface area contributed by atoms with E-state index >= 15 is 0 Å². The normalized spacial score (nSPS) is 9.65. The fourth-order valence-corrected chi connectivity index (χ4v) is 2.46. The summed E-state index contributed by atoms with van der Waals surface area (Å²) < 4.78 is 0. The summed E-state index contributed by atoms with van der Waals surface area (Å²) in [7, 11) is 0. The molecule has 0 aliphatic rings. The molecule has 0 heterocycles. The van der Waals surface area contributed by atoms with Gasteiger partial charge in [0.1, 0.15) is 0 Å². The van der Waals surface area contributed by atoms with Crippen molar-refractivity contribution in [2.24, 2.45) is 0 Å². The molecule has 0 unspecified atom stereocenters. The smallest absolute Gasteiger partial charge is 0 e. The van der Waals surface area contributed by atoms with Crippen molar-refractivity contribution < 1.29 is 5.48 Å². The van der Waals surface area contributed by atoms with Gasteiger partial charge in [-0.1, -0.05) is 95.0 Å². The van der Waals surface area contributed by atoms with E-state index in [0.29, 0.717) is 0 Å². The van der Waals surface area contributed by atoms with Crippen LogP contribution in [0.1, 0.15) is 76.7 Å². The standard InChI is InChI=1S/C18H30.Na.O/c1-2-3-4-5-6-7-8-9-10-12-15-18-16-13-11-14-17-18;;/h11,13-14,16-17H,2-10,12,15H2,1H3;;. The van der Waals surface area contributed by atoms with E-state index in [4.69, 9.17) is 0 Å². The molecule has 0 spiro atoms. The van der Waals surface area contributed by atoms with Gasteiger partial charge in [0.15, 0.2) is 0 Å². The Hall–Kier alpha value is 0.180. The van der Waals surface area contributed by atoms with Gasteiger partial charge in [0.25, 0.3) is 0 Å². The third-order valence-electron chi connectivity index (χ3n) is 3.66. The minimum Gasteiger partial charge on any atom is -0.0654 e. The topological polar surface area (TPSA) is 28.5 Å². The first-order valence-electron chi connectivity index (χ1n) is 7.97. The third kappa shape index (κ3) is 13.2. The second-order valence-corrected chi connectivity index (χ2v) is 5.42. The van der Waals surface area contributed by atoms with Crippen LogP contribution in [-0.2, 0) is 11.9 Å². The van der Waals surface area contributed by atoms with Gasteiger partial charge in [0, 0.05) is 35.0 Å². The first-order valence-corrected chi connectivity index (χ1v) is 7.97. The number of hydrogen-bond donors (Lipinski definition) is 0. The summed E-state index contributed by atoms with van der Waals surface area (Å²) >= 11 is 0. The van der Waals surface area contributed by atoms with E-state index < -0.39 is 0 Å². The van der Waals surface area contributed by atoms with Gasteiger partial charge in [-0.2, -0.15) is 0 Å². The molecule has 0 aliphatic carbocycles. The van der Waals surface area contributed by atoms with Crippen LogP contribution in [0.15, 0.2) is 30.3 Å². The molecule has 1 aromatic rings. The maximum atomic E-state index is 2.28. The molecule has 1 rings (SSSR count). The van der Waals surface area contributed by atoms with Crippen LogP contribution in [0.5, 0.6) is 0 Å². The molecule has 0 N–H and O–H groups in total. The van der Waals surface area contributed by atoms with Gasteiger partial charge in [-0.3, -0.25) is 0 Å². The van der Waals surface area contributed by atoms with Crippen molar-refractivity contribution in [1.82, 2.24) is 0 Å². The van der Waals surface area contributed by atoms with Crippen molar-refractivity contribution in [2.45, 2.75) is 77.6 Å². The van der Waals surface area contributed by atoms with Crippen LogP contribution < -0.4 is 0 Å². The molecule has 0 saturated heterocycles. The van der Waals surface area contributed by atoms with Crippen molar-refractivity contribution in [3.63, 3.8) is 0 Å². The van der Waals surface area contributed by atoms with E-state index in [1.807, 2.05) is 0 Å². The van der Waals surface area contributed by atoms with Gasteiger partial charge in [-0.25, -0.2) is 0 Å². The number of hydrogen-bond acceptors (Lipinski definition) is 0. The molecule has 2 heteroatoms. The van der Waals surface area contributed by atoms with Crippen LogP contribution in [0.2, 0.25) is 0 Å². The number of aryl methyl sites for hydroxylation is 1. The van der Waals surface area contributed by atoms with Crippen LogP contribution >= 0.6 is 0 Å². The first kappa shape index (κ1) is 22.5. The van der Waals surface area contributed by atoms with E-state index in [9.17, 15) is 0 Å². The summed E-state index contributed by atoms with van der Waals surface area (Å²) in [5, 5.41) is 0. The summed E-state index contributed by atoms with van der Waals surface area (Å²) in [5.74, 6) is 0. The van der Waals surface area contributed by atoms with E-state index in [2.05, 4.69) is 37.3 Å². The molecule has 0 atom stereocenters. The SMILES string of the molecule is CCCCCCCCCCCCc1ccccc1.[Na].[O]. The molecule has 109 valence electrons. The van der Waals surface area contributed by atoms with Crippen LogP contribution in [0.3, 0.4) is 0 Å². The molecule has 0 aliphatic heterocycles. The molecular weight excluding hydrogens is 255 g/mol. The zero-order chi connectivity index (χ0) is 12.9. The molecule has 1 nitrogen and oxygen atoms in total. The second-order valence-electron chi connectivity index (χ2n) is 5.42. The first-order chi connectivity index (χ1) is 8.93. The molecule has 20 heavy (non-hydrogen) atoms. The van der Waals surface area contributed by atoms with E-state index in [1.54, 1.807) is 0 Å². The van der Waals surface area contributed by atoms with Crippen molar-refractivity contribution in [3.05, 3.63) is 35.9 Å². The van der Waals surface area contributed by atoms with E-state index in [0.717, 1.165) is 0 Å². The van der Waals surface area contributed by atoms with Crippen molar-refractivity contribution in [3.8, 4) is 0 Å². The molecule has 0 fully saturated rings. The summed E-state index contributed by atoms with van der Waals surface area (Å²) in [6.07, 6.45) is 15.5. The predicted molar refractivity (Wildman–Crippen MR) is 88.4 cm³/mol. The Morgan fingerprint density at radius 2 is 1.10 bits per heavy atom. The van der Waals surface area contributed by atoms with Gasteiger partial charge in [0.2, 0.25) is 0 Å². The summed E-state index contributed by atoms with van der Waals surface area (Å²) in [6, 6.07) is 10.9. The molecule has 0 saturated carbocycles. The third-order valence-corrected chi connectivity index (χ3v) is 3.66. The Bertz CT molecular complexity index is 274. The second kappa shape index (κ2) is 17.2. The number of rotatable bonds is 11. The van der Waals surface area contributed by atoms with Crippen LogP contribution in [0.4, 0.5) is 0 Å². The fraction of sp³-hybridized carbons (Fsp3) is 0.667. The van der Waals surface area contributed by atoms with Gasteiger partial charge in [0.05, 0.1) is 0 Å². The molecule has 0 aromatic heterocycles. The average Bonchev–Trinajstić information content (AvgIpc) is 2.42. The van der Waals surface area contributed by atoms with Gasteiger partial charge < -0.3 is 0 Å². The van der Waals surface area contributed by atoms with Crippen LogP contribution in [0, 0.1) is 0 Å². The zero-order valence-electron chi connectivity index (χ0n) is 13.6. The van der Waals surface area contributed by atoms with Gasteiger partial charge >= 0.3 is 0 Å². The Morgan fingerprint density at radius 1 is 0.650 bits per heavy atom. The van der Waals surface area contributed by atoms with E-state index in [1.165, 1.54) is 76.2 Å². The predicted octanol–water partition coefficient (Wildman–Crippen LogP) is 5.65. The zero-order valence-corrected chi connectivity index (χ0v) is 15.6. The quantitative estimate of drug-likeness (QED) is 0.371. The van der Waals surface area contributed by atoms with Crippen molar-refractivity contribution in [2.75, 3.05) is 0 Å². The molecule has 0 bridgehead atoms. The van der Waals surface area contributed by atoms with Crippen LogP contribution in [0.25, 0.3) is 0 Å². The summed E-state index contributed by atoms with van der Waals surface area (Å²) in [5.41, 5.74) is 1.50. The maximum Gasteiger partial charge on any atom is 0 e. The minimum atomic E-state index is 0. The van der Waals surface area contributed by atoms with Crippen molar-refractivity contribution in [1.29, 1.82) is 0 Å². The fourth-order valence-electron chi connectivity index (χ4n) is 2.46. The molecule has 0 amide bonds. The molecule has 1 aromatic carbocycles. The van der Waals surface area contributed by atoms with Crippen molar-refractivity contribution >= 4 is 29.6 Å². The molecule has 3 radical (unpaired) electrons. The van der Waals surface area contributed by atoms with Gasteiger partial charge in [-0.15, -0.1) is 0 Å². The average molecular weight is 285 g/mol. The van der Waals surface area contributed by atoms with Gasteiger partial charge in [-0.05, 0) is 18.4 Å². The summed E-state index contributed by atoms with van der Waals surface area (Å²) in [4.78, 5) is 0. The number of benzene rings is 1. The number of unbranched alkanes of at least 4 members (excludes halogenated alkanes) is 9. The summed E-state index contributed by atoms with van der Waals surface area (Å²) in [6.45, 7) is 2.28. The Morgan fingerprint density at radius 3 is 1.60 bits per heavy atom. The Balaban J connectivity index is 0. The largest absolute Gasteiger partial charge is 0.0654 e. The Kier molecular flexibility index (Phi) is 19.4.